The zero-order chi connectivity index (χ0) is 22.9. The maximum atomic E-state index is 11.0. The molecular weight excluding hydrogens is 418 g/mol. The molecule has 4 aromatic rings. The summed E-state index contributed by atoms with van der Waals surface area (Å²) >= 11 is 0. The Bertz CT molecular complexity index is 1440. The van der Waals surface area contributed by atoms with Crippen molar-refractivity contribution < 1.29 is 14.3 Å². The number of amides is 1. The summed E-state index contributed by atoms with van der Waals surface area (Å²) in [4.78, 5) is 11.0. The van der Waals surface area contributed by atoms with Crippen LogP contribution in [0.2, 0.25) is 0 Å². The molecule has 0 unspecified atom stereocenters. The van der Waals surface area contributed by atoms with Crippen LogP contribution in [0, 0.1) is 11.3 Å². The van der Waals surface area contributed by atoms with Crippen LogP contribution < -0.4 is 20.9 Å². The molecule has 8 heteroatoms. The van der Waals surface area contributed by atoms with Gasteiger partial charge in [-0.3, -0.25) is 9.89 Å². The molecule has 0 radical (unpaired) electrons. The predicted octanol–water partition coefficient (Wildman–Crippen LogP) is 3.31. The van der Waals surface area contributed by atoms with Gasteiger partial charge in [-0.15, -0.1) is 5.10 Å². The minimum atomic E-state index is -0.561. The average Bonchev–Trinajstić information content (AvgIpc) is 3.25. The van der Waals surface area contributed by atoms with Gasteiger partial charge in [0.25, 0.3) is 5.91 Å². The number of primary amides is 1. The van der Waals surface area contributed by atoms with E-state index in [-0.39, 0.29) is 18.1 Å². The third-order valence-corrected chi connectivity index (χ3v) is 5.59. The first kappa shape index (κ1) is 20.2. The van der Waals surface area contributed by atoms with E-state index in [1.807, 2.05) is 54.6 Å². The van der Waals surface area contributed by atoms with E-state index in [9.17, 15) is 10.1 Å². The maximum absolute atomic E-state index is 11.0. The Morgan fingerprint density at radius 3 is 2.64 bits per heavy atom. The molecule has 5 N–H and O–H groups in total. The van der Waals surface area contributed by atoms with Gasteiger partial charge in [0, 0.05) is 5.56 Å². The summed E-state index contributed by atoms with van der Waals surface area (Å²) in [6.45, 7) is -0.218. The largest absolute Gasteiger partial charge is 0.484 e. The SMILES string of the molecule is N#CC1=C(N)Oc2n[nH]c(-c3cccc4ccccc34)c2[C@@H]1c1ccc(OCC(N)=O)cc1. The fourth-order valence-corrected chi connectivity index (χ4v) is 4.14. The molecule has 0 bridgehead atoms. The molecule has 3 aromatic carbocycles. The van der Waals surface area contributed by atoms with Crippen molar-refractivity contribution in [2.75, 3.05) is 6.61 Å². The van der Waals surface area contributed by atoms with Crippen molar-refractivity contribution in [3.63, 3.8) is 0 Å². The highest BCUT2D eigenvalue weighted by Crippen LogP contribution is 2.46. The number of ether oxygens (including phenoxy) is 2. The number of benzene rings is 3. The van der Waals surface area contributed by atoms with E-state index in [0.717, 1.165) is 33.2 Å². The molecule has 0 spiro atoms. The Morgan fingerprint density at radius 1 is 1.12 bits per heavy atom. The molecule has 162 valence electrons. The van der Waals surface area contributed by atoms with Gasteiger partial charge >= 0.3 is 0 Å². The van der Waals surface area contributed by atoms with Gasteiger partial charge < -0.3 is 20.9 Å². The summed E-state index contributed by atoms with van der Waals surface area (Å²) in [6.07, 6.45) is 0. The molecule has 1 aromatic heterocycles. The lowest BCUT2D eigenvalue weighted by Gasteiger charge is -2.24. The monoisotopic (exact) mass is 437 g/mol. The number of H-pyrrole nitrogens is 1. The van der Waals surface area contributed by atoms with Gasteiger partial charge in [0.1, 0.15) is 17.4 Å². The van der Waals surface area contributed by atoms with Gasteiger partial charge in [0.15, 0.2) is 6.61 Å². The van der Waals surface area contributed by atoms with E-state index in [1.54, 1.807) is 12.1 Å². The molecule has 1 amide bonds. The second-order valence-corrected chi connectivity index (χ2v) is 7.59. The number of hydrogen-bond donors (Lipinski definition) is 3. The number of nitrogens with two attached hydrogens (primary N) is 2. The molecule has 0 fully saturated rings. The van der Waals surface area contributed by atoms with Crippen LogP contribution in [-0.4, -0.2) is 22.7 Å². The average molecular weight is 437 g/mol. The third kappa shape index (κ3) is 3.51. The van der Waals surface area contributed by atoms with Crippen molar-refractivity contribution >= 4 is 16.7 Å². The molecule has 0 saturated carbocycles. The van der Waals surface area contributed by atoms with Crippen molar-refractivity contribution in [2.45, 2.75) is 5.92 Å². The summed E-state index contributed by atoms with van der Waals surface area (Å²) < 4.78 is 11.1. The van der Waals surface area contributed by atoms with Crippen LogP contribution in [0.15, 0.2) is 78.2 Å². The molecule has 5 rings (SSSR count). The van der Waals surface area contributed by atoms with Crippen LogP contribution in [0.5, 0.6) is 11.6 Å². The highest BCUT2D eigenvalue weighted by atomic mass is 16.5. The molecule has 2 heterocycles. The van der Waals surface area contributed by atoms with E-state index in [1.165, 1.54) is 0 Å². The standard InChI is InChI=1S/C25H19N5O3/c26-12-19-21(15-8-10-16(11-9-15)32-13-20(27)31)22-23(29-30-25(22)33-24(19)28)18-7-3-5-14-4-1-2-6-17(14)18/h1-11,21H,13,28H2,(H2,27,31)(H,29,30)/t21-/m1/s1. The van der Waals surface area contributed by atoms with Crippen LogP contribution in [0.3, 0.4) is 0 Å². The summed E-state index contributed by atoms with van der Waals surface area (Å²) in [6, 6.07) is 23.3. The van der Waals surface area contributed by atoms with Crippen molar-refractivity contribution in [3.05, 3.63) is 89.3 Å². The number of hydrogen-bond acceptors (Lipinski definition) is 6. The number of aromatic amines is 1. The number of rotatable bonds is 5. The van der Waals surface area contributed by atoms with Crippen molar-refractivity contribution in [3.8, 4) is 29.0 Å². The predicted molar refractivity (Wildman–Crippen MR) is 122 cm³/mol. The quantitative estimate of drug-likeness (QED) is 0.438. The first-order valence-electron chi connectivity index (χ1n) is 10.2. The van der Waals surface area contributed by atoms with Gasteiger partial charge in [-0.25, -0.2) is 0 Å². The summed E-state index contributed by atoms with van der Waals surface area (Å²) in [5.74, 6) is -0.235. The van der Waals surface area contributed by atoms with E-state index in [4.69, 9.17) is 20.9 Å². The molecule has 8 nitrogen and oxygen atoms in total. The third-order valence-electron chi connectivity index (χ3n) is 5.59. The lowest BCUT2D eigenvalue weighted by Crippen LogP contribution is -2.21. The van der Waals surface area contributed by atoms with E-state index in [2.05, 4.69) is 16.3 Å². The zero-order valence-corrected chi connectivity index (χ0v) is 17.4. The number of nitriles is 1. The summed E-state index contributed by atoms with van der Waals surface area (Å²) in [5, 5.41) is 19.5. The highest BCUT2D eigenvalue weighted by molar-refractivity contribution is 5.97. The van der Waals surface area contributed by atoms with Crippen molar-refractivity contribution in [2.24, 2.45) is 11.5 Å². The number of nitrogens with one attached hydrogen (secondary N) is 1. The number of carbonyl (C=O) groups is 1. The van der Waals surface area contributed by atoms with Crippen LogP contribution in [0.4, 0.5) is 0 Å². The van der Waals surface area contributed by atoms with Crippen LogP contribution in [0.1, 0.15) is 17.0 Å². The lowest BCUT2D eigenvalue weighted by atomic mass is 9.82. The Balaban J connectivity index is 1.65. The Kier molecular flexibility index (Phi) is 4.92. The van der Waals surface area contributed by atoms with E-state index < -0.39 is 11.8 Å². The normalized spacial score (nSPS) is 14.9. The van der Waals surface area contributed by atoms with Gasteiger partial charge in [-0.05, 0) is 28.5 Å². The van der Waals surface area contributed by atoms with Gasteiger partial charge in [0.2, 0.25) is 11.8 Å². The first-order chi connectivity index (χ1) is 16.1. The maximum Gasteiger partial charge on any atom is 0.255 e. The van der Waals surface area contributed by atoms with Gasteiger partial charge in [-0.1, -0.05) is 54.6 Å². The van der Waals surface area contributed by atoms with Gasteiger partial charge in [-0.2, -0.15) is 5.26 Å². The fraction of sp³-hybridized carbons (Fsp3) is 0.0800. The number of nitrogens with zero attached hydrogens (tertiary/aromatic N) is 2. The Morgan fingerprint density at radius 2 is 1.88 bits per heavy atom. The minimum absolute atomic E-state index is 0.0139. The van der Waals surface area contributed by atoms with Crippen molar-refractivity contribution in [1.82, 2.24) is 10.2 Å². The van der Waals surface area contributed by atoms with Crippen LogP contribution in [-0.2, 0) is 4.79 Å². The fourth-order valence-electron chi connectivity index (χ4n) is 4.14. The van der Waals surface area contributed by atoms with Crippen LogP contribution in [0.25, 0.3) is 22.0 Å². The van der Waals surface area contributed by atoms with E-state index >= 15 is 0 Å². The molecule has 1 atom stereocenters. The lowest BCUT2D eigenvalue weighted by molar-refractivity contribution is -0.119. The number of fused-ring (bicyclic) bond motifs is 2. The molecule has 33 heavy (non-hydrogen) atoms. The van der Waals surface area contributed by atoms with Gasteiger partial charge in [0.05, 0.1) is 17.2 Å². The van der Waals surface area contributed by atoms with E-state index in [0.29, 0.717) is 11.6 Å². The first-order valence-corrected chi connectivity index (χ1v) is 10.2. The zero-order valence-electron chi connectivity index (χ0n) is 17.4. The Hall–Kier alpha value is -4.77. The van der Waals surface area contributed by atoms with Crippen molar-refractivity contribution in [1.29, 1.82) is 5.26 Å². The molecule has 1 aliphatic rings. The topological polar surface area (TPSA) is 140 Å². The number of aromatic nitrogens is 2. The molecule has 1 aliphatic heterocycles. The Labute approximate surface area is 189 Å². The molecular formula is C25H19N5O3. The highest BCUT2D eigenvalue weighted by Gasteiger charge is 2.35. The van der Waals surface area contributed by atoms with Crippen LogP contribution >= 0.6 is 0 Å². The second-order valence-electron chi connectivity index (χ2n) is 7.59. The summed E-state index contributed by atoms with van der Waals surface area (Å²) in [7, 11) is 0. The minimum Gasteiger partial charge on any atom is -0.484 e. The number of carbonyl (C=O) groups excluding carboxylic acids is 1. The number of allylic oxidation sites excluding steroid dienone is 1. The molecule has 0 aliphatic carbocycles. The smallest absolute Gasteiger partial charge is 0.255 e. The second kappa shape index (κ2) is 8.05. The summed E-state index contributed by atoms with van der Waals surface area (Å²) in [5.41, 5.74) is 14.7. The molecule has 0 saturated heterocycles.